The zero-order valence-corrected chi connectivity index (χ0v) is 75.5. The van der Waals surface area contributed by atoms with E-state index in [9.17, 15) is 43.3 Å². The highest BCUT2D eigenvalue weighted by Gasteiger charge is 2.41. The minimum atomic E-state index is -1.02. The average Bonchev–Trinajstić information content (AvgIpc) is 0.937. The van der Waals surface area contributed by atoms with Crippen molar-refractivity contribution in [1.82, 2.24) is 74.3 Å². The third-order valence-corrected chi connectivity index (χ3v) is 27.5. The molecule has 9 aromatic rings. The number of anilines is 6. The minimum Gasteiger partial charge on any atom is -0.462 e. The van der Waals surface area contributed by atoms with Crippen LogP contribution in [0.25, 0.3) is 32.3 Å². The average molecular weight is 1840 g/mol. The summed E-state index contributed by atoms with van der Waals surface area (Å²) in [5.41, 5.74) is 8.73. The summed E-state index contributed by atoms with van der Waals surface area (Å²) in [7, 11) is 6.32. The van der Waals surface area contributed by atoms with Crippen LogP contribution in [0.2, 0.25) is 5.02 Å². The van der Waals surface area contributed by atoms with E-state index in [2.05, 4.69) is 153 Å². The van der Waals surface area contributed by atoms with Crippen molar-refractivity contribution in [2.75, 3.05) is 169 Å². The Bertz CT molecular complexity index is 5330. The molecule has 0 saturated carbocycles. The molecule has 6 saturated heterocycles. The van der Waals surface area contributed by atoms with Gasteiger partial charge in [0.2, 0.25) is 0 Å². The topological polar surface area (TPSA) is 305 Å². The van der Waals surface area contributed by atoms with Gasteiger partial charge in [-0.05, 0) is 147 Å². The maximum atomic E-state index is 13.8. The molecule has 0 spiro atoms. The Balaban J connectivity index is 0.000000142. The molecule has 0 radical (unpaired) electrons. The van der Waals surface area contributed by atoms with E-state index < -0.39 is 53.3 Å². The lowest BCUT2D eigenvalue weighted by Gasteiger charge is -2.42. The molecule has 35 heteroatoms. The molecule has 0 unspecified atom stereocenters. The van der Waals surface area contributed by atoms with Crippen LogP contribution in [0.5, 0.6) is 18.0 Å². The Morgan fingerprint density at radius 2 is 0.845 bits per heavy atom. The van der Waals surface area contributed by atoms with Gasteiger partial charge in [-0.1, -0.05) is 83.7 Å². The SMILES string of the molecule is C=C(F)C(=O)N1CCN(c2nc(OC[C@@H]3CCCN3C)nc3c2CCN(c2cccc4ccnc(C)c24)C3)C[C@@H]1CC#N.C=C(F)C(=O)N1CCN(c2nc(OC[C@@H]3CCCN3C)nc3c2CCN(c2cncc4cccc(Cl)c24)C3)C[C@@H]1CC#N.C=C(F)C(=O)N1CCN(c2nc(OC[C@@H]3CCCN3C)nc3c2CCN(c2nccc4cccc(Br)c24)C3)C[C@@H]1CC#N. The first-order valence-corrected chi connectivity index (χ1v) is 45.3. The normalized spacial score (nSPS) is 20.7. The van der Waals surface area contributed by atoms with Crippen molar-refractivity contribution < 1.29 is 41.8 Å². The van der Waals surface area contributed by atoms with Gasteiger partial charge in [0, 0.05) is 169 Å². The van der Waals surface area contributed by atoms with E-state index in [0.29, 0.717) is 146 Å². The summed E-state index contributed by atoms with van der Waals surface area (Å²) in [5, 5.41) is 35.5. The number of amides is 3. The summed E-state index contributed by atoms with van der Waals surface area (Å²) in [6.07, 6.45) is 16.2. The lowest BCUT2D eigenvalue weighted by Crippen LogP contribution is -2.55. The van der Waals surface area contributed by atoms with Gasteiger partial charge >= 0.3 is 18.0 Å². The number of pyridine rings is 3. The number of nitrogens with zero attached hydrogens (tertiary/aromatic N) is 24. The van der Waals surface area contributed by atoms with Crippen LogP contribution in [-0.4, -0.2) is 267 Å². The zero-order chi connectivity index (χ0) is 90.3. The number of nitriles is 3. The van der Waals surface area contributed by atoms with Crippen LogP contribution in [-0.2, 0) is 53.3 Å². The summed E-state index contributed by atoms with van der Waals surface area (Å²) in [6.45, 7) is 23.1. The fourth-order valence-corrected chi connectivity index (χ4v) is 20.4. The highest BCUT2D eigenvalue weighted by atomic mass is 79.9. The second-order valence-electron chi connectivity index (χ2n) is 34.4. The lowest BCUT2D eigenvalue weighted by molar-refractivity contribution is -0.132. The van der Waals surface area contributed by atoms with E-state index in [-0.39, 0.29) is 38.9 Å². The molecule has 0 aliphatic carbocycles. The lowest BCUT2D eigenvalue weighted by atomic mass is 10.0. The number of hydrogen-bond donors (Lipinski definition) is 0. The number of aryl methyl sites for hydroxylation is 1. The number of piperazine rings is 3. The molecule has 9 aliphatic rings. The molecule has 0 bridgehead atoms. The zero-order valence-electron chi connectivity index (χ0n) is 73.2. The molecule has 3 amide bonds. The number of carbonyl (C=O) groups excluding carboxylic acids is 3. The first-order valence-electron chi connectivity index (χ1n) is 44.2. The van der Waals surface area contributed by atoms with Gasteiger partial charge in [0.05, 0.1) is 109 Å². The van der Waals surface area contributed by atoms with E-state index in [4.69, 9.17) is 60.7 Å². The standard InChI is InChI=1S/C32H37FN8O2.C31H34BrFN8O2.C31H34ClFN8O2/c1-21(33)31(42)41-17-16-40(18-24(41)9-12-34)30-26-11-15-39(28-8-4-6-23-10-13-35-22(2)29(23)28)19-27(26)36-32(37-30)43-20-25-7-5-14-38(25)3;1-20(33)30(42)41-16-15-40(17-22(41)8-11-34)28-24-10-14-39(29-27-21(9-12-35-29)5-3-7-25(27)32)18-26(24)36-31(37-28)43-19-23-6-4-13-38(23)2;1-20(33)30(42)41-14-13-40(17-22(41)8-10-34)29-24-9-12-39(27-16-35-15-21-5-3-7-25(32)28(21)27)18-26(24)36-31(37-29)43-19-23-6-4-11-38(23)2/h4,6,8,10,13,24-25H,1,5,7,9,11,14-20H2,2-3H3;3,5,7,9,12,22-23H,1,4,6,8,10,13-19H2,2H3;3,5,7,15-16,22-23H,1,4,6,8-9,11-14,17-19H2,2H3/t24-,25-;2*22-,23-/m000/s1. The monoisotopic (exact) mass is 1840 g/mol. The Morgan fingerprint density at radius 3 is 1.27 bits per heavy atom. The maximum absolute atomic E-state index is 13.8. The van der Waals surface area contributed by atoms with E-state index in [1.54, 1.807) is 0 Å². The van der Waals surface area contributed by atoms with Gasteiger partial charge in [-0.3, -0.25) is 24.4 Å². The van der Waals surface area contributed by atoms with Crippen LogP contribution in [0.15, 0.2) is 133 Å². The molecule has 3 aromatic carbocycles. The molecule has 9 aliphatic heterocycles. The molecule has 15 heterocycles. The van der Waals surface area contributed by atoms with Crippen LogP contribution in [0.1, 0.15) is 97.3 Å². The number of carbonyl (C=O) groups is 3. The second-order valence-corrected chi connectivity index (χ2v) is 35.6. The molecule has 6 aromatic heterocycles. The van der Waals surface area contributed by atoms with Crippen molar-refractivity contribution in [2.45, 2.75) is 140 Å². The molecule has 6 atom stereocenters. The van der Waals surface area contributed by atoms with Gasteiger partial charge in [-0.15, -0.1) is 0 Å². The minimum absolute atomic E-state index is 0.0722. The van der Waals surface area contributed by atoms with E-state index in [1.807, 2.05) is 74.2 Å². The molecule has 30 nitrogen and oxygen atoms in total. The van der Waals surface area contributed by atoms with Gasteiger partial charge in [-0.2, -0.15) is 45.7 Å². The van der Waals surface area contributed by atoms with Crippen molar-refractivity contribution in [3.8, 4) is 36.2 Å². The Morgan fingerprint density at radius 1 is 0.450 bits per heavy atom. The largest absolute Gasteiger partial charge is 0.462 e. The highest BCUT2D eigenvalue weighted by Crippen LogP contribution is 2.42. The van der Waals surface area contributed by atoms with Crippen molar-refractivity contribution >= 4 is 112 Å². The molecule has 129 heavy (non-hydrogen) atoms. The van der Waals surface area contributed by atoms with E-state index >= 15 is 0 Å². The van der Waals surface area contributed by atoms with Gasteiger partial charge in [0.15, 0.2) is 17.5 Å². The fraction of sp³-hybridized carbons (Fsp3) is 0.457. The van der Waals surface area contributed by atoms with Crippen LogP contribution in [0.4, 0.5) is 47.8 Å². The third kappa shape index (κ3) is 19.7. The van der Waals surface area contributed by atoms with Gasteiger partial charge in [-0.25, -0.2) is 18.2 Å². The Hall–Kier alpha value is -12.1. The molecular formula is C94H105BrClF3N24O6. The second kappa shape index (κ2) is 40.3. The van der Waals surface area contributed by atoms with E-state index in [0.717, 1.165) is 182 Å². The number of aromatic nitrogens is 9. The maximum Gasteiger partial charge on any atom is 0.318 e. The molecule has 0 N–H and O–H groups in total. The van der Waals surface area contributed by atoms with E-state index in [1.165, 1.54) is 14.7 Å². The highest BCUT2D eigenvalue weighted by molar-refractivity contribution is 9.10. The molecule has 18 rings (SSSR count). The van der Waals surface area contributed by atoms with Crippen LogP contribution < -0.4 is 43.6 Å². The Kier molecular flexibility index (Phi) is 28.2. The van der Waals surface area contributed by atoms with Crippen molar-refractivity contribution in [1.29, 1.82) is 15.8 Å². The number of ether oxygens (including phenoxy) is 3. The number of benzene rings is 3. The van der Waals surface area contributed by atoms with Crippen molar-refractivity contribution in [3.05, 3.63) is 178 Å². The smallest absolute Gasteiger partial charge is 0.318 e. The summed E-state index contributed by atoms with van der Waals surface area (Å²) >= 11 is 10.4. The number of halogens is 5. The predicted molar refractivity (Wildman–Crippen MR) is 491 cm³/mol. The number of likely N-dealkylation sites (tertiary alicyclic amines) is 3. The first kappa shape index (κ1) is 90.2. The van der Waals surface area contributed by atoms with Crippen LogP contribution in [0, 0.1) is 40.9 Å². The third-order valence-electron chi connectivity index (χ3n) is 26.5. The Labute approximate surface area is 761 Å². The van der Waals surface area contributed by atoms with Crippen LogP contribution in [0.3, 0.4) is 0 Å². The van der Waals surface area contributed by atoms with Gasteiger partial charge in [0.25, 0.3) is 17.7 Å². The summed E-state index contributed by atoms with van der Waals surface area (Å²) in [4.78, 5) is 105. The molecular weight excluding hydrogens is 1730 g/mol. The number of rotatable bonds is 21. The summed E-state index contributed by atoms with van der Waals surface area (Å²) < 4.78 is 61.1. The quantitative estimate of drug-likeness (QED) is 0.0603. The van der Waals surface area contributed by atoms with Crippen molar-refractivity contribution in [2.24, 2.45) is 0 Å². The van der Waals surface area contributed by atoms with Gasteiger partial charge in [0.1, 0.15) is 43.1 Å². The van der Waals surface area contributed by atoms with Crippen LogP contribution >= 0.6 is 27.5 Å². The molecule has 6 fully saturated rings. The summed E-state index contributed by atoms with van der Waals surface area (Å²) in [5.74, 6) is -2.20. The molecule has 672 valence electrons. The fourth-order valence-electron chi connectivity index (χ4n) is 19.5. The number of fused-ring (bicyclic) bond motifs is 6. The predicted octanol–water partition coefficient (Wildman–Crippen LogP) is 12.1. The van der Waals surface area contributed by atoms with Gasteiger partial charge < -0.3 is 73.0 Å². The number of hydrogen-bond acceptors (Lipinski definition) is 27. The first-order chi connectivity index (χ1) is 62.5. The van der Waals surface area contributed by atoms with Crippen molar-refractivity contribution in [3.63, 3.8) is 0 Å². The number of likely N-dealkylation sites (N-methyl/N-ethyl adjacent to an activating group) is 3. The summed E-state index contributed by atoms with van der Waals surface area (Å²) in [6, 6.07) is 29.2.